The van der Waals surface area contributed by atoms with Crippen LogP contribution < -0.4 is 0 Å². The highest BCUT2D eigenvalue weighted by atomic mass is 32.2. The van der Waals surface area contributed by atoms with E-state index >= 15 is 0 Å². The Morgan fingerprint density at radius 2 is 2.05 bits per heavy atom. The average Bonchev–Trinajstić information content (AvgIpc) is 2.41. The van der Waals surface area contributed by atoms with Gasteiger partial charge in [0.15, 0.2) is 0 Å². The number of hydrogen-bond donors (Lipinski definition) is 1. The molecule has 1 aromatic carbocycles. The van der Waals surface area contributed by atoms with Crippen LogP contribution in [0, 0.1) is 5.82 Å². The number of aliphatic carboxylic acids is 1. The number of nitrogens with zero attached hydrogens (tertiary/aromatic N) is 1. The number of morpholine rings is 1. The van der Waals surface area contributed by atoms with Gasteiger partial charge in [-0.3, -0.25) is 4.79 Å². The minimum Gasteiger partial charge on any atom is -0.481 e. The number of carbonyl (C=O) groups is 1. The molecule has 8 heteroatoms. The molecule has 1 aromatic rings. The number of sulfonamides is 1. The molecule has 0 radical (unpaired) electrons. The Kier molecular flexibility index (Phi) is 4.92. The molecule has 116 valence electrons. The summed E-state index contributed by atoms with van der Waals surface area (Å²) in [5, 5.41) is 8.85. The van der Waals surface area contributed by atoms with Crippen LogP contribution in [0.2, 0.25) is 0 Å². The molecule has 1 unspecified atom stereocenters. The fraction of sp³-hybridized carbons (Fsp3) is 0.462. The van der Waals surface area contributed by atoms with Crippen molar-refractivity contribution >= 4 is 16.0 Å². The predicted molar refractivity (Wildman–Crippen MR) is 72.6 cm³/mol. The SMILES string of the molecule is O=C(O)CC1COCCN1S(=O)(=O)Cc1ccc(F)cc1. The monoisotopic (exact) mass is 317 g/mol. The average molecular weight is 317 g/mol. The zero-order valence-electron chi connectivity index (χ0n) is 11.2. The molecule has 0 aliphatic carbocycles. The van der Waals surface area contributed by atoms with Crippen molar-refractivity contribution in [2.75, 3.05) is 19.8 Å². The number of ether oxygens (including phenoxy) is 1. The van der Waals surface area contributed by atoms with Gasteiger partial charge in [0.25, 0.3) is 0 Å². The molecule has 0 spiro atoms. The van der Waals surface area contributed by atoms with Crippen LogP contribution in [-0.4, -0.2) is 49.6 Å². The van der Waals surface area contributed by atoms with E-state index in [4.69, 9.17) is 9.84 Å². The largest absolute Gasteiger partial charge is 0.481 e. The summed E-state index contributed by atoms with van der Waals surface area (Å²) in [7, 11) is -3.68. The first-order valence-corrected chi connectivity index (χ1v) is 8.03. The summed E-state index contributed by atoms with van der Waals surface area (Å²) in [6.45, 7) is 0.426. The van der Waals surface area contributed by atoms with Crippen molar-refractivity contribution in [1.29, 1.82) is 0 Å². The van der Waals surface area contributed by atoms with Gasteiger partial charge in [-0.1, -0.05) is 12.1 Å². The summed E-state index contributed by atoms with van der Waals surface area (Å²) in [6, 6.07) is 4.48. The van der Waals surface area contributed by atoms with Gasteiger partial charge in [-0.25, -0.2) is 12.8 Å². The molecule has 1 aliphatic heterocycles. The smallest absolute Gasteiger partial charge is 0.305 e. The summed E-state index contributed by atoms with van der Waals surface area (Å²) in [5.41, 5.74) is 0.456. The molecule has 1 aliphatic rings. The number of carboxylic acid groups (broad SMARTS) is 1. The van der Waals surface area contributed by atoms with E-state index in [9.17, 15) is 17.6 Å². The van der Waals surface area contributed by atoms with Crippen molar-refractivity contribution in [3.63, 3.8) is 0 Å². The van der Waals surface area contributed by atoms with E-state index in [1.54, 1.807) is 0 Å². The first-order chi connectivity index (χ1) is 9.88. The van der Waals surface area contributed by atoms with E-state index in [0.29, 0.717) is 5.56 Å². The Labute approximate surface area is 122 Å². The van der Waals surface area contributed by atoms with Crippen molar-refractivity contribution in [2.45, 2.75) is 18.2 Å². The molecule has 0 amide bonds. The fourth-order valence-corrected chi connectivity index (χ4v) is 3.96. The Bertz CT molecular complexity index is 601. The third-order valence-corrected chi connectivity index (χ3v) is 5.10. The molecule has 1 saturated heterocycles. The molecule has 21 heavy (non-hydrogen) atoms. The van der Waals surface area contributed by atoms with Crippen LogP contribution >= 0.6 is 0 Å². The third-order valence-electron chi connectivity index (χ3n) is 3.20. The molecule has 6 nitrogen and oxygen atoms in total. The van der Waals surface area contributed by atoms with E-state index in [-0.39, 0.29) is 31.9 Å². The minimum atomic E-state index is -3.68. The molecule has 2 rings (SSSR count). The van der Waals surface area contributed by atoms with E-state index in [1.165, 1.54) is 28.6 Å². The van der Waals surface area contributed by atoms with Gasteiger partial charge in [-0.05, 0) is 17.7 Å². The second-order valence-electron chi connectivity index (χ2n) is 4.82. The van der Waals surface area contributed by atoms with Gasteiger partial charge in [0.1, 0.15) is 5.82 Å². The van der Waals surface area contributed by atoms with E-state index in [2.05, 4.69) is 0 Å². The second-order valence-corrected chi connectivity index (χ2v) is 6.74. The lowest BCUT2D eigenvalue weighted by Gasteiger charge is -2.33. The number of halogens is 1. The lowest BCUT2D eigenvalue weighted by Crippen LogP contribution is -2.49. The van der Waals surface area contributed by atoms with Crippen LogP contribution in [0.25, 0.3) is 0 Å². The summed E-state index contributed by atoms with van der Waals surface area (Å²) in [6.07, 6.45) is -0.303. The van der Waals surface area contributed by atoms with Gasteiger partial charge in [0.05, 0.1) is 31.4 Å². The van der Waals surface area contributed by atoms with Crippen LogP contribution in [0.15, 0.2) is 24.3 Å². The van der Waals surface area contributed by atoms with Gasteiger partial charge in [-0.2, -0.15) is 4.31 Å². The highest BCUT2D eigenvalue weighted by Gasteiger charge is 2.34. The van der Waals surface area contributed by atoms with Crippen molar-refractivity contribution in [3.8, 4) is 0 Å². The molecule has 0 aromatic heterocycles. The van der Waals surface area contributed by atoms with Gasteiger partial charge in [0.2, 0.25) is 10.0 Å². The standard InChI is InChI=1S/C13H16FNO5S/c14-11-3-1-10(2-4-11)9-21(18,19)15-5-6-20-8-12(15)7-13(16)17/h1-4,12H,5-9H2,(H,16,17). The Balaban J connectivity index is 2.15. The van der Waals surface area contributed by atoms with Gasteiger partial charge in [0, 0.05) is 6.54 Å². The number of rotatable bonds is 5. The van der Waals surface area contributed by atoms with Crippen LogP contribution in [0.4, 0.5) is 4.39 Å². The maximum absolute atomic E-state index is 12.8. The number of hydrogen-bond acceptors (Lipinski definition) is 4. The van der Waals surface area contributed by atoms with Crippen LogP contribution in [0.3, 0.4) is 0 Å². The summed E-state index contributed by atoms with van der Waals surface area (Å²) in [4.78, 5) is 10.8. The molecule has 1 N–H and O–H groups in total. The highest BCUT2D eigenvalue weighted by molar-refractivity contribution is 7.88. The summed E-state index contributed by atoms with van der Waals surface area (Å²) < 4.78 is 44.0. The highest BCUT2D eigenvalue weighted by Crippen LogP contribution is 2.19. The Hall–Kier alpha value is -1.51. The molecular weight excluding hydrogens is 301 g/mol. The second kappa shape index (κ2) is 6.50. The van der Waals surface area contributed by atoms with Crippen molar-refractivity contribution < 1.29 is 27.4 Å². The summed E-state index contributed by atoms with van der Waals surface area (Å²) >= 11 is 0. The Morgan fingerprint density at radius 3 is 2.67 bits per heavy atom. The quantitative estimate of drug-likeness (QED) is 0.869. The van der Waals surface area contributed by atoms with Crippen LogP contribution in [-0.2, 0) is 25.3 Å². The molecule has 1 atom stereocenters. The first kappa shape index (κ1) is 15.9. The normalized spacial score (nSPS) is 20.3. The van der Waals surface area contributed by atoms with E-state index < -0.39 is 27.9 Å². The maximum Gasteiger partial charge on any atom is 0.305 e. The van der Waals surface area contributed by atoms with Crippen LogP contribution in [0.5, 0.6) is 0 Å². The number of carboxylic acids is 1. The van der Waals surface area contributed by atoms with Crippen molar-refractivity contribution in [3.05, 3.63) is 35.6 Å². The topological polar surface area (TPSA) is 83.9 Å². The zero-order valence-corrected chi connectivity index (χ0v) is 12.1. The maximum atomic E-state index is 12.8. The van der Waals surface area contributed by atoms with Crippen LogP contribution in [0.1, 0.15) is 12.0 Å². The van der Waals surface area contributed by atoms with Gasteiger partial charge in [-0.15, -0.1) is 0 Å². The van der Waals surface area contributed by atoms with E-state index in [0.717, 1.165) is 0 Å². The fourth-order valence-electron chi connectivity index (χ4n) is 2.24. The lowest BCUT2D eigenvalue weighted by molar-refractivity contribution is -0.139. The molecule has 0 bridgehead atoms. The lowest BCUT2D eigenvalue weighted by atomic mass is 10.2. The Morgan fingerprint density at radius 1 is 1.38 bits per heavy atom. The summed E-state index contributed by atoms with van der Waals surface area (Å²) in [5.74, 6) is -1.80. The minimum absolute atomic E-state index is 0.0644. The van der Waals surface area contributed by atoms with Gasteiger partial charge >= 0.3 is 5.97 Å². The van der Waals surface area contributed by atoms with E-state index in [1.807, 2.05) is 0 Å². The molecule has 1 heterocycles. The third kappa shape index (κ3) is 4.23. The predicted octanol–water partition coefficient (Wildman–Crippen LogP) is 0.831. The zero-order chi connectivity index (χ0) is 15.5. The van der Waals surface area contributed by atoms with Crippen molar-refractivity contribution in [1.82, 2.24) is 4.31 Å². The molecular formula is C13H16FNO5S. The van der Waals surface area contributed by atoms with Crippen molar-refractivity contribution in [2.24, 2.45) is 0 Å². The number of benzene rings is 1. The molecule has 1 fully saturated rings. The first-order valence-electron chi connectivity index (χ1n) is 6.42. The van der Waals surface area contributed by atoms with Gasteiger partial charge < -0.3 is 9.84 Å². The molecule has 0 saturated carbocycles.